The molecule has 4 rings (SSSR count). The molecular weight excluding hydrogens is 384 g/mol. The van der Waals surface area contributed by atoms with E-state index in [1.165, 1.54) is 11.8 Å². The Morgan fingerprint density at radius 3 is 2.59 bits per heavy atom. The number of Topliss-reactive ketones (excluding diaryl/α,β-unsaturated/α-hetero) is 1. The lowest BCUT2D eigenvalue weighted by molar-refractivity contribution is 0.102. The summed E-state index contributed by atoms with van der Waals surface area (Å²) in [6.45, 7) is 6.51. The highest BCUT2D eigenvalue weighted by atomic mass is 32.2. The number of rotatable bonds is 7. The molecule has 0 aliphatic rings. The van der Waals surface area contributed by atoms with Gasteiger partial charge in [0, 0.05) is 22.6 Å². The Hall–Kier alpha value is -3.06. The fraction of sp³-hybridized carbons (Fsp3) is 0.227. The van der Waals surface area contributed by atoms with E-state index in [4.69, 9.17) is 4.42 Å². The number of para-hydroxylation sites is 1. The second kappa shape index (κ2) is 8.13. The molecule has 0 atom stereocenters. The zero-order chi connectivity index (χ0) is 20.4. The molecule has 0 radical (unpaired) electrons. The Morgan fingerprint density at radius 1 is 1.07 bits per heavy atom. The number of hydrogen-bond donors (Lipinski definition) is 0. The number of nitrogens with zero attached hydrogens (tertiary/aromatic N) is 4. The lowest BCUT2D eigenvalue weighted by Gasteiger charge is -2.09. The van der Waals surface area contributed by atoms with Gasteiger partial charge in [-0.2, -0.15) is 0 Å². The van der Waals surface area contributed by atoms with Crippen LogP contribution in [0.25, 0.3) is 5.69 Å². The van der Waals surface area contributed by atoms with Gasteiger partial charge in [-0.3, -0.25) is 9.36 Å². The minimum Gasteiger partial charge on any atom is -0.467 e. The molecule has 0 bridgehead atoms. The maximum atomic E-state index is 12.9. The van der Waals surface area contributed by atoms with E-state index in [0.717, 1.165) is 34.2 Å². The largest absolute Gasteiger partial charge is 0.467 e. The molecule has 6 nitrogen and oxygen atoms in total. The molecule has 7 heteroatoms. The molecule has 0 saturated carbocycles. The van der Waals surface area contributed by atoms with Crippen molar-refractivity contribution in [2.75, 3.05) is 5.75 Å². The van der Waals surface area contributed by atoms with E-state index in [-0.39, 0.29) is 5.78 Å². The predicted molar refractivity (Wildman–Crippen MR) is 113 cm³/mol. The molecule has 3 heterocycles. The minimum absolute atomic E-state index is 0.0778. The van der Waals surface area contributed by atoms with Crippen LogP contribution in [0.4, 0.5) is 0 Å². The number of aryl methyl sites for hydroxylation is 2. The molecule has 0 saturated heterocycles. The number of ketones is 1. The predicted octanol–water partition coefficient (Wildman–Crippen LogP) is 4.61. The Labute approximate surface area is 173 Å². The Balaban J connectivity index is 1.52. The summed E-state index contributed by atoms with van der Waals surface area (Å²) in [7, 11) is 0. The average molecular weight is 407 g/mol. The van der Waals surface area contributed by atoms with Crippen molar-refractivity contribution >= 4 is 17.5 Å². The molecule has 0 aliphatic carbocycles. The smallest absolute Gasteiger partial charge is 0.196 e. The van der Waals surface area contributed by atoms with Crippen LogP contribution < -0.4 is 0 Å². The van der Waals surface area contributed by atoms with Gasteiger partial charge in [-0.05, 0) is 51.1 Å². The van der Waals surface area contributed by atoms with Crippen LogP contribution in [0, 0.1) is 20.8 Å². The molecule has 0 aliphatic heterocycles. The zero-order valence-electron chi connectivity index (χ0n) is 16.6. The summed E-state index contributed by atoms with van der Waals surface area (Å²) in [6.07, 6.45) is 1.66. The highest BCUT2D eigenvalue weighted by Gasteiger charge is 2.19. The van der Waals surface area contributed by atoms with Crippen molar-refractivity contribution in [3.63, 3.8) is 0 Å². The van der Waals surface area contributed by atoms with Crippen LogP contribution in [0.3, 0.4) is 0 Å². The van der Waals surface area contributed by atoms with Gasteiger partial charge in [0.1, 0.15) is 11.6 Å². The first-order valence-corrected chi connectivity index (χ1v) is 10.4. The number of aromatic nitrogens is 4. The van der Waals surface area contributed by atoms with E-state index >= 15 is 0 Å². The molecule has 148 valence electrons. The first-order chi connectivity index (χ1) is 14.0. The first kappa shape index (κ1) is 19.3. The summed E-state index contributed by atoms with van der Waals surface area (Å²) in [5.41, 5.74) is 3.71. The summed E-state index contributed by atoms with van der Waals surface area (Å²) in [5, 5.41) is 9.16. The SMILES string of the molecule is Cc1cc(C(=O)CSc2nnc(C)n2-c2ccccc2)c(C)n1Cc1ccco1. The fourth-order valence-electron chi connectivity index (χ4n) is 3.40. The second-order valence-electron chi connectivity index (χ2n) is 6.86. The first-order valence-electron chi connectivity index (χ1n) is 9.37. The Kier molecular flexibility index (Phi) is 5.40. The average Bonchev–Trinajstić information content (AvgIpc) is 3.43. The van der Waals surface area contributed by atoms with Gasteiger partial charge in [-0.15, -0.1) is 10.2 Å². The van der Waals surface area contributed by atoms with Gasteiger partial charge in [-0.1, -0.05) is 30.0 Å². The van der Waals surface area contributed by atoms with E-state index < -0.39 is 0 Å². The number of benzene rings is 1. The van der Waals surface area contributed by atoms with Gasteiger partial charge < -0.3 is 8.98 Å². The van der Waals surface area contributed by atoms with Crippen molar-refractivity contribution in [1.82, 2.24) is 19.3 Å². The lowest BCUT2D eigenvalue weighted by Crippen LogP contribution is -2.08. The molecular formula is C22H22N4O2S. The van der Waals surface area contributed by atoms with Gasteiger partial charge in [-0.25, -0.2) is 0 Å². The summed E-state index contributed by atoms with van der Waals surface area (Å²) in [4.78, 5) is 12.9. The van der Waals surface area contributed by atoms with Crippen molar-refractivity contribution in [1.29, 1.82) is 0 Å². The van der Waals surface area contributed by atoms with Crippen molar-refractivity contribution in [2.45, 2.75) is 32.5 Å². The van der Waals surface area contributed by atoms with Crippen molar-refractivity contribution in [3.8, 4) is 5.69 Å². The lowest BCUT2D eigenvalue weighted by atomic mass is 10.2. The number of carbonyl (C=O) groups excluding carboxylic acids is 1. The maximum absolute atomic E-state index is 12.9. The van der Waals surface area contributed by atoms with Gasteiger partial charge in [0.15, 0.2) is 10.9 Å². The van der Waals surface area contributed by atoms with E-state index in [0.29, 0.717) is 17.5 Å². The van der Waals surface area contributed by atoms with Crippen LogP contribution in [-0.2, 0) is 6.54 Å². The monoisotopic (exact) mass is 406 g/mol. The molecule has 0 spiro atoms. The van der Waals surface area contributed by atoms with Gasteiger partial charge in [0.2, 0.25) is 0 Å². The summed E-state index contributed by atoms with van der Waals surface area (Å²) < 4.78 is 9.53. The molecule has 0 unspecified atom stereocenters. The molecule has 0 amide bonds. The summed E-state index contributed by atoms with van der Waals surface area (Å²) in [5.74, 6) is 2.04. The molecule has 0 fully saturated rings. The number of carbonyl (C=O) groups is 1. The van der Waals surface area contributed by atoms with E-state index in [1.807, 2.05) is 73.9 Å². The summed E-state index contributed by atoms with van der Waals surface area (Å²) in [6, 6.07) is 15.7. The van der Waals surface area contributed by atoms with Crippen molar-refractivity contribution in [3.05, 3.63) is 83.3 Å². The quantitative estimate of drug-likeness (QED) is 0.331. The normalized spacial score (nSPS) is 11.1. The maximum Gasteiger partial charge on any atom is 0.196 e. The highest BCUT2D eigenvalue weighted by molar-refractivity contribution is 7.99. The van der Waals surface area contributed by atoms with Crippen LogP contribution in [0.1, 0.15) is 33.3 Å². The molecule has 0 N–H and O–H groups in total. The third kappa shape index (κ3) is 3.91. The minimum atomic E-state index is 0.0778. The van der Waals surface area contributed by atoms with Crippen LogP contribution >= 0.6 is 11.8 Å². The molecule has 3 aromatic heterocycles. The Morgan fingerprint density at radius 2 is 1.86 bits per heavy atom. The van der Waals surface area contributed by atoms with Crippen molar-refractivity contribution < 1.29 is 9.21 Å². The van der Waals surface area contributed by atoms with Gasteiger partial charge in [0.25, 0.3) is 0 Å². The Bertz CT molecular complexity index is 1130. The van der Waals surface area contributed by atoms with Gasteiger partial charge >= 0.3 is 0 Å². The van der Waals surface area contributed by atoms with Crippen LogP contribution in [0.2, 0.25) is 0 Å². The fourth-order valence-corrected chi connectivity index (χ4v) is 4.28. The van der Waals surface area contributed by atoms with Crippen LogP contribution in [0.15, 0.2) is 64.4 Å². The second-order valence-corrected chi connectivity index (χ2v) is 7.81. The third-order valence-electron chi connectivity index (χ3n) is 4.91. The number of hydrogen-bond acceptors (Lipinski definition) is 5. The zero-order valence-corrected chi connectivity index (χ0v) is 17.4. The van der Waals surface area contributed by atoms with Crippen LogP contribution in [-0.4, -0.2) is 30.9 Å². The van der Waals surface area contributed by atoms with Gasteiger partial charge in [0.05, 0.1) is 18.6 Å². The third-order valence-corrected chi connectivity index (χ3v) is 5.84. The molecule has 29 heavy (non-hydrogen) atoms. The highest BCUT2D eigenvalue weighted by Crippen LogP contribution is 2.24. The number of thioether (sulfide) groups is 1. The van der Waals surface area contributed by atoms with E-state index in [1.54, 1.807) is 6.26 Å². The standard InChI is InChI=1S/C22H22N4O2S/c1-15-12-20(16(2)25(15)13-19-10-7-11-28-19)21(27)14-29-22-24-23-17(3)26(22)18-8-5-4-6-9-18/h4-12H,13-14H2,1-3H3. The molecule has 1 aromatic carbocycles. The number of furan rings is 1. The van der Waals surface area contributed by atoms with E-state index in [2.05, 4.69) is 14.8 Å². The topological polar surface area (TPSA) is 65.8 Å². The van der Waals surface area contributed by atoms with E-state index in [9.17, 15) is 4.79 Å². The van der Waals surface area contributed by atoms with Crippen LogP contribution in [0.5, 0.6) is 0 Å². The summed E-state index contributed by atoms with van der Waals surface area (Å²) >= 11 is 1.41. The van der Waals surface area contributed by atoms with Crippen molar-refractivity contribution in [2.24, 2.45) is 0 Å². The molecule has 4 aromatic rings.